The second-order valence-electron chi connectivity index (χ2n) is 6.02. The lowest BCUT2D eigenvalue weighted by Gasteiger charge is -2.50. The molecule has 0 aromatic rings. The predicted octanol–water partition coefficient (Wildman–Crippen LogP) is 1.46. The molecule has 2 rings (SSSR count). The number of carbonyl (C=O) groups is 2. The van der Waals surface area contributed by atoms with Gasteiger partial charge in [-0.25, -0.2) is 0 Å². The summed E-state index contributed by atoms with van der Waals surface area (Å²) in [6, 6.07) is 0. The number of ether oxygens (including phenoxy) is 1. The molecule has 0 bridgehead atoms. The van der Waals surface area contributed by atoms with Crippen molar-refractivity contribution in [2.75, 3.05) is 19.8 Å². The Balaban J connectivity index is 2.24. The number of nitrogens with zero attached hydrogens (tertiary/aromatic N) is 1. The standard InChI is InChI=1S/C15H26N2O3/c1-4-14(3)12(18)16-15(8-6-7-9-15)13(19)17(14)10-11-20-5-2/h4-11H2,1-3H3,(H,16,18). The topological polar surface area (TPSA) is 58.6 Å². The summed E-state index contributed by atoms with van der Waals surface area (Å²) in [6.07, 6.45) is 4.17. The Labute approximate surface area is 121 Å². The van der Waals surface area contributed by atoms with Crippen LogP contribution in [-0.4, -0.2) is 47.6 Å². The second-order valence-corrected chi connectivity index (χ2v) is 6.02. The Hall–Kier alpha value is -1.10. The maximum Gasteiger partial charge on any atom is 0.249 e. The molecule has 20 heavy (non-hydrogen) atoms. The molecule has 2 amide bonds. The Bertz CT molecular complexity index is 391. The maximum absolute atomic E-state index is 12.9. The number of piperazine rings is 1. The van der Waals surface area contributed by atoms with Crippen LogP contribution in [0.25, 0.3) is 0 Å². The Kier molecular flexibility index (Phi) is 4.37. The summed E-state index contributed by atoms with van der Waals surface area (Å²) in [6.45, 7) is 7.35. The molecular weight excluding hydrogens is 256 g/mol. The van der Waals surface area contributed by atoms with Gasteiger partial charge in [-0.3, -0.25) is 9.59 Å². The van der Waals surface area contributed by atoms with Crippen LogP contribution in [0, 0.1) is 0 Å². The van der Waals surface area contributed by atoms with Gasteiger partial charge in [-0.2, -0.15) is 0 Å². The average molecular weight is 282 g/mol. The van der Waals surface area contributed by atoms with E-state index in [2.05, 4.69) is 5.32 Å². The van der Waals surface area contributed by atoms with Crippen molar-refractivity contribution in [3.63, 3.8) is 0 Å². The van der Waals surface area contributed by atoms with Gasteiger partial charge in [0.25, 0.3) is 0 Å². The molecule has 5 nitrogen and oxygen atoms in total. The van der Waals surface area contributed by atoms with Gasteiger partial charge in [-0.1, -0.05) is 19.8 Å². The molecule has 1 N–H and O–H groups in total. The second kappa shape index (κ2) is 5.72. The first-order valence-electron chi connectivity index (χ1n) is 7.72. The summed E-state index contributed by atoms with van der Waals surface area (Å²) >= 11 is 0. The molecule has 1 aliphatic heterocycles. The van der Waals surface area contributed by atoms with E-state index in [9.17, 15) is 9.59 Å². The molecule has 2 aliphatic rings. The number of hydrogen-bond donors (Lipinski definition) is 1. The van der Waals surface area contributed by atoms with Crippen molar-refractivity contribution in [1.29, 1.82) is 0 Å². The fourth-order valence-corrected chi connectivity index (χ4v) is 3.33. The zero-order valence-corrected chi connectivity index (χ0v) is 12.8. The van der Waals surface area contributed by atoms with Crippen molar-refractivity contribution >= 4 is 11.8 Å². The minimum absolute atomic E-state index is 0.0157. The Morgan fingerprint density at radius 2 is 1.90 bits per heavy atom. The summed E-state index contributed by atoms with van der Waals surface area (Å²) in [5.41, 5.74) is -1.39. The van der Waals surface area contributed by atoms with Gasteiger partial charge >= 0.3 is 0 Å². The highest BCUT2D eigenvalue weighted by molar-refractivity contribution is 6.02. The first-order chi connectivity index (χ1) is 9.50. The molecular formula is C15H26N2O3. The normalized spacial score (nSPS) is 29.1. The van der Waals surface area contributed by atoms with Crippen molar-refractivity contribution in [1.82, 2.24) is 10.2 Å². The summed E-state index contributed by atoms with van der Waals surface area (Å²) < 4.78 is 5.38. The van der Waals surface area contributed by atoms with E-state index in [-0.39, 0.29) is 11.8 Å². The average Bonchev–Trinajstić information content (AvgIpc) is 2.90. The molecule has 1 aliphatic carbocycles. The van der Waals surface area contributed by atoms with Crippen LogP contribution in [0.1, 0.15) is 52.9 Å². The third kappa shape index (κ3) is 2.32. The largest absolute Gasteiger partial charge is 0.380 e. The summed E-state index contributed by atoms with van der Waals surface area (Å²) in [7, 11) is 0. The van der Waals surface area contributed by atoms with Crippen LogP contribution in [0.2, 0.25) is 0 Å². The molecule has 1 saturated heterocycles. The van der Waals surface area contributed by atoms with Gasteiger partial charge in [0, 0.05) is 13.2 Å². The fraction of sp³-hybridized carbons (Fsp3) is 0.867. The zero-order valence-electron chi connectivity index (χ0n) is 12.8. The van der Waals surface area contributed by atoms with E-state index >= 15 is 0 Å². The monoisotopic (exact) mass is 282 g/mol. The minimum atomic E-state index is -0.748. The fourth-order valence-electron chi connectivity index (χ4n) is 3.33. The molecule has 0 radical (unpaired) electrons. The SMILES string of the molecule is CCOCCN1C(=O)C2(CCCC2)NC(=O)C1(C)CC. The quantitative estimate of drug-likeness (QED) is 0.777. The van der Waals surface area contributed by atoms with Crippen molar-refractivity contribution in [2.45, 2.75) is 64.0 Å². The van der Waals surface area contributed by atoms with E-state index in [0.29, 0.717) is 26.2 Å². The third-order valence-corrected chi connectivity index (χ3v) is 4.90. The Morgan fingerprint density at radius 3 is 2.45 bits per heavy atom. The van der Waals surface area contributed by atoms with E-state index in [1.54, 1.807) is 4.90 Å². The number of carbonyl (C=O) groups excluding carboxylic acids is 2. The molecule has 1 atom stereocenters. The van der Waals surface area contributed by atoms with Gasteiger partial charge in [0.2, 0.25) is 11.8 Å². The summed E-state index contributed by atoms with van der Waals surface area (Å²) in [5, 5.41) is 3.03. The van der Waals surface area contributed by atoms with Crippen LogP contribution in [-0.2, 0) is 14.3 Å². The molecule has 5 heteroatoms. The highest BCUT2D eigenvalue weighted by Crippen LogP contribution is 2.38. The van der Waals surface area contributed by atoms with Crippen LogP contribution >= 0.6 is 0 Å². The number of nitrogens with one attached hydrogen (secondary N) is 1. The van der Waals surface area contributed by atoms with Gasteiger partial charge in [0.15, 0.2) is 0 Å². The van der Waals surface area contributed by atoms with Crippen molar-refractivity contribution in [3.05, 3.63) is 0 Å². The lowest BCUT2D eigenvalue weighted by atomic mass is 9.83. The van der Waals surface area contributed by atoms with Crippen LogP contribution in [0.5, 0.6) is 0 Å². The number of rotatable bonds is 5. The maximum atomic E-state index is 12.9. The van der Waals surface area contributed by atoms with E-state index in [1.807, 2.05) is 20.8 Å². The highest BCUT2D eigenvalue weighted by Gasteiger charge is 2.56. The lowest BCUT2D eigenvalue weighted by molar-refractivity contribution is -0.163. The Morgan fingerprint density at radius 1 is 1.25 bits per heavy atom. The van der Waals surface area contributed by atoms with E-state index in [0.717, 1.165) is 25.7 Å². The molecule has 1 heterocycles. The van der Waals surface area contributed by atoms with E-state index in [1.165, 1.54) is 0 Å². The molecule has 1 unspecified atom stereocenters. The summed E-state index contributed by atoms with van der Waals surface area (Å²) in [5.74, 6) is 0.0663. The van der Waals surface area contributed by atoms with Crippen molar-refractivity contribution in [3.8, 4) is 0 Å². The van der Waals surface area contributed by atoms with Crippen molar-refractivity contribution in [2.24, 2.45) is 0 Å². The highest BCUT2D eigenvalue weighted by atomic mass is 16.5. The number of amides is 2. The van der Waals surface area contributed by atoms with E-state index in [4.69, 9.17) is 4.74 Å². The summed E-state index contributed by atoms with van der Waals surface area (Å²) in [4.78, 5) is 27.2. The zero-order chi connectivity index (χ0) is 14.8. The first kappa shape index (κ1) is 15.3. The predicted molar refractivity (Wildman–Crippen MR) is 76.2 cm³/mol. The van der Waals surface area contributed by atoms with Gasteiger partial charge in [-0.05, 0) is 33.1 Å². The molecule has 0 aromatic carbocycles. The van der Waals surface area contributed by atoms with Crippen LogP contribution < -0.4 is 5.32 Å². The number of hydrogen-bond acceptors (Lipinski definition) is 3. The van der Waals surface area contributed by atoms with E-state index < -0.39 is 11.1 Å². The lowest BCUT2D eigenvalue weighted by Crippen LogP contribution is -2.74. The van der Waals surface area contributed by atoms with Gasteiger partial charge in [-0.15, -0.1) is 0 Å². The molecule has 1 saturated carbocycles. The smallest absolute Gasteiger partial charge is 0.249 e. The molecule has 114 valence electrons. The van der Waals surface area contributed by atoms with Crippen LogP contribution in [0.15, 0.2) is 0 Å². The molecule has 2 fully saturated rings. The van der Waals surface area contributed by atoms with Crippen LogP contribution in [0.3, 0.4) is 0 Å². The van der Waals surface area contributed by atoms with Crippen LogP contribution in [0.4, 0.5) is 0 Å². The van der Waals surface area contributed by atoms with Crippen molar-refractivity contribution < 1.29 is 14.3 Å². The van der Waals surface area contributed by atoms with Gasteiger partial charge < -0.3 is 15.0 Å². The first-order valence-corrected chi connectivity index (χ1v) is 7.72. The third-order valence-electron chi connectivity index (χ3n) is 4.90. The minimum Gasteiger partial charge on any atom is -0.380 e. The van der Waals surface area contributed by atoms with Gasteiger partial charge in [0.1, 0.15) is 11.1 Å². The molecule has 1 spiro atoms. The molecule has 0 aromatic heterocycles. The van der Waals surface area contributed by atoms with Gasteiger partial charge in [0.05, 0.1) is 6.61 Å².